The van der Waals surface area contributed by atoms with Crippen LogP contribution in [0.5, 0.6) is 0 Å². The molecule has 2 atom stereocenters. The van der Waals surface area contributed by atoms with Gasteiger partial charge in [-0.25, -0.2) is 4.98 Å². The number of oxazole rings is 1. The molecule has 134 valence electrons. The van der Waals surface area contributed by atoms with Gasteiger partial charge < -0.3 is 19.4 Å². The van der Waals surface area contributed by atoms with Gasteiger partial charge in [0.25, 0.3) is 0 Å². The van der Waals surface area contributed by atoms with Gasteiger partial charge in [0.15, 0.2) is 5.96 Å². The molecule has 7 nitrogen and oxygen atoms in total. The normalized spacial score (nSPS) is 20.8. The van der Waals surface area contributed by atoms with E-state index in [2.05, 4.69) is 27.1 Å². The summed E-state index contributed by atoms with van der Waals surface area (Å²) in [5.74, 6) is 1.31. The van der Waals surface area contributed by atoms with Crippen LogP contribution in [0.4, 0.5) is 0 Å². The summed E-state index contributed by atoms with van der Waals surface area (Å²) in [5, 5.41) is 5.28. The van der Waals surface area contributed by atoms with E-state index in [-0.39, 0.29) is 17.8 Å². The van der Waals surface area contributed by atoms with Crippen LogP contribution in [0.1, 0.15) is 12.6 Å². The van der Waals surface area contributed by atoms with E-state index in [1.165, 1.54) is 7.11 Å². The maximum Gasteiger partial charge on any atom is 0.310 e. The van der Waals surface area contributed by atoms with Crippen molar-refractivity contribution in [2.24, 2.45) is 16.8 Å². The molecule has 25 heavy (non-hydrogen) atoms. The number of aliphatic imine (C=N–C) groups is 1. The van der Waals surface area contributed by atoms with E-state index in [1.54, 1.807) is 24.6 Å². The second kappa shape index (κ2) is 7.69. The lowest BCUT2D eigenvalue weighted by Gasteiger charge is -2.21. The first-order chi connectivity index (χ1) is 12.1. The Hall–Kier alpha value is -2.35. The Kier molecular flexibility index (Phi) is 5.37. The van der Waals surface area contributed by atoms with Gasteiger partial charge in [-0.1, -0.05) is 13.0 Å². The van der Waals surface area contributed by atoms with E-state index in [1.807, 2.05) is 17.5 Å². The molecule has 3 rings (SSSR count). The minimum absolute atomic E-state index is 0.124. The molecule has 1 saturated heterocycles. The van der Waals surface area contributed by atoms with Crippen molar-refractivity contribution >= 4 is 23.3 Å². The molecule has 1 aliphatic heterocycles. The molecule has 1 aliphatic rings. The number of thiophene rings is 1. The van der Waals surface area contributed by atoms with Gasteiger partial charge in [0, 0.05) is 20.1 Å². The zero-order chi connectivity index (χ0) is 17.8. The highest BCUT2D eigenvalue weighted by Gasteiger charge is 2.36. The summed E-state index contributed by atoms with van der Waals surface area (Å²) in [7, 11) is 3.17. The van der Waals surface area contributed by atoms with Gasteiger partial charge in [-0.05, 0) is 17.4 Å². The summed E-state index contributed by atoms with van der Waals surface area (Å²) in [6, 6.07) is 3.95. The summed E-state index contributed by atoms with van der Waals surface area (Å²) in [6.45, 7) is 3.93. The standard InChI is InChI=1S/C17H22N4O3S/c1-11-8-21(9-13(11)16(22)23-3)17(18-2)19-7-12-10-24-15(20-12)14-5-4-6-25-14/h4-6,10-11,13H,7-9H2,1-3H3,(H,18,19). The van der Waals surface area contributed by atoms with E-state index < -0.39 is 0 Å². The van der Waals surface area contributed by atoms with Crippen LogP contribution in [0.15, 0.2) is 33.2 Å². The molecule has 0 spiro atoms. The van der Waals surface area contributed by atoms with Crippen molar-refractivity contribution in [1.82, 2.24) is 15.2 Å². The number of hydrogen-bond acceptors (Lipinski definition) is 6. The van der Waals surface area contributed by atoms with Gasteiger partial charge in [0.05, 0.1) is 30.1 Å². The van der Waals surface area contributed by atoms with Crippen molar-refractivity contribution in [3.05, 3.63) is 29.5 Å². The first-order valence-electron chi connectivity index (χ1n) is 8.14. The number of carbonyl (C=O) groups is 1. The predicted molar refractivity (Wildman–Crippen MR) is 96.3 cm³/mol. The SMILES string of the molecule is CN=C(NCc1coc(-c2cccs2)n1)N1CC(C)C(C(=O)OC)C1. The Balaban J connectivity index is 1.59. The van der Waals surface area contributed by atoms with Gasteiger partial charge in [0.2, 0.25) is 5.89 Å². The van der Waals surface area contributed by atoms with E-state index in [4.69, 9.17) is 9.15 Å². The van der Waals surface area contributed by atoms with Crippen LogP contribution in [0.3, 0.4) is 0 Å². The molecule has 3 heterocycles. The Morgan fingerprint density at radius 1 is 1.56 bits per heavy atom. The lowest BCUT2D eigenvalue weighted by molar-refractivity contribution is -0.145. The highest BCUT2D eigenvalue weighted by atomic mass is 32.1. The third kappa shape index (κ3) is 3.84. The van der Waals surface area contributed by atoms with Crippen molar-refractivity contribution in [1.29, 1.82) is 0 Å². The number of aromatic nitrogens is 1. The molecular formula is C17H22N4O3S. The minimum Gasteiger partial charge on any atom is -0.469 e. The summed E-state index contributed by atoms with van der Waals surface area (Å²) in [6.07, 6.45) is 1.65. The van der Waals surface area contributed by atoms with Crippen LogP contribution in [-0.4, -0.2) is 49.1 Å². The first-order valence-corrected chi connectivity index (χ1v) is 9.02. The van der Waals surface area contributed by atoms with Crippen molar-refractivity contribution < 1.29 is 13.9 Å². The van der Waals surface area contributed by atoms with Crippen molar-refractivity contribution in [3.63, 3.8) is 0 Å². The van der Waals surface area contributed by atoms with E-state index in [0.717, 1.165) is 23.1 Å². The lowest BCUT2D eigenvalue weighted by atomic mass is 9.99. The maximum atomic E-state index is 11.8. The number of likely N-dealkylation sites (tertiary alicyclic amines) is 1. The Labute approximate surface area is 150 Å². The average molecular weight is 362 g/mol. The average Bonchev–Trinajstić information content (AvgIpc) is 3.35. The number of carbonyl (C=O) groups excluding carboxylic acids is 1. The van der Waals surface area contributed by atoms with Gasteiger partial charge in [-0.3, -0.25) is 9.79 Å². The Morgan fingerprint density at radius 2 is 2.40 bits per heavy atom. The van der Waals surface area contributed by atoms with Gasteiger partial charge in [-0.2, -0.15) is 0 Å². The number of guanidine groups is 1. The second-order valence-electron chi connectivity index (χ2n) is 6.03. The van der Waals surface area contributed by atoms with E-state index in [0.29, 0.717) is 19.0 Å². The van der Waals surface area contributed by atoms with Crippen LogP contribution in [-0.2, 0) is 16.1 Å². The number of nitrogens with zero attached hydrogens (tertiary/aromatic N) is 3. The number of methoxy groups -OCH3 is 1. The Bertz CT molecular complexity index is 741. The van der Waals surface area contributed by atoms with Crippen LogP contribution in [0, 0.1) is 11.8 Å². The summed E-state index contributed by atoms with van der Waals surface area (Å²) in [5.41, 5.74) is 0.807. The first kappa shape index (κ1) is 17.5. The molecular weight excluding hydrogens is 340 g/mol. The largest absolute Gasteiger partial charge is 0.469 e. The van der Waals surface area contributed by atoms with Gasteiger partial charge in [-0.15, -0.1) is 11.3 Å². The van der Waals surface area contributed by atoms with Gasteiger partial charge >= 0.3 is 5.97 Å². The third-order valence-corrected chi connectivity index (χ3v) is 5.20. The smallest absolute Gasteiger partial charge is 0.310 e. The van der Waals surface area contributed by atoms with E-state index in [9.17, 15) is 4.79 Å². The number of hydrogen-bond donors (Lipinski definition) is 1. The van der Waals surface area contributed by atoms with Crippen LogP contribution >= 0.6 is 11.3 Å². The Morgan fingerprint density at radius 3 is 3.08 bits per heavy atom. The van der Waals surface area contributed by atoms with Crippen molar-refractivity contribution in [2.75, 3.05) is 27.2 Å². The molecule has 2 aromatic rings. The predicted octanol–water partition coefficient (Wildman–Crippen LogP) is 2.22. The second-order valence-corrected chi connectivity index (χ2v) is 6.98. The molecule has 1 N–H and O–H groups in total. The summed E-state index contributed by atoms with van der Waals surface area (Å²) >= 11 is 1.59. The number of ether oxygens (including phenoxy) is 1. The number of esters is 1. The third-order valence-electron chi connectivity index (χ3n) is 4.34. The number of nitrogens with one attached hydrogen (secondary N) is 1. The van der Waals surface area contributed by atoms with Crippen LogP contribution < -0.4 is 5.32 Å². The topological polar surface area (TPSA) is 80.0 Å². The van der Waals surface area contributed by atoms with Crippen LogP contribution in [0.25, 0.3) is 10.8 Å². The summed E-state index contributed by atoms with van der Waals surface area (Å²) in [4.78, 5) is 23.7. The molecule has 2 aromatic heterocycles. The van der Waals surface area contributed by atoms with Gasteiger partial charge in [0.1, 0.15) is 6.26 Å². The fraction of sp³-hybridized carbons (Fsp3) is 0.471. The molecule has 0 amide bonds. The van der Waals surface area contributed by atoms with Crippen molar-refractivity contribution in [2.45, 2.75) is 13.5 Å². The minimum atomic E-state index is -0.164. The molecule has 0 bridgehead atoms. The quantitative estimate of drug-likeness (QED) is 0.510. The van der Waals surface area contributed by atoms with E-state index >= 15 is 0 Å². The zero-order valence-electron chi connectivity index (χ0n) is 14.6. The number of rotatable bonds is 4. The monoisotopic (exact) mass is 362 g/mol. The highest BCUT2D eigenvalue weighted by Crippen LogP contribution is 2.25. The molecule has 0 saturated carbocycles. The molecule has 0 aromatic carbocycles. The maximum absolute atomic E-state index is 11.8. The molecule has 0 radical (unpaired) electrons. The molecule has 0 aliphatic carbocycles. The fourth-order valence-corrected chi connectivity index (χ4v) is 3.66. The zero-order valence-corrected chi connectivity index (χ0v) is 15.4. The molecule has 8 heteroatoms. The van der Waals surface area contributed by atoms with Crippen LogP contribution in [0.2, 0.25) is 0 Å². The van der Waals surface area contributed by atoms with Crippen molar-refractivity contribution in [3.8, 4) is 10.8 Å². The molecule has 2 unspecified atom stereocenters. The summed E-state index contributed by atoms with van der Waals surface area (Å²) < 4.78 is 10.4. The highest BCUT2D eigenvalue weighted by molar-refractivity contribution is 7.13. The fourth-order valence-electron chi connectivity index (χ4n) is 3.00. The molecule has 1 fully saturated rings. The lowest BCUT2D eigenvalue weighted by Crippen LogP contribution is -2.40.